The number of hydrogen-bond donors (Lipinski definition) is 2. The van der Waals surface area contributed by atoms with E-state index in [-0.39, 0.29) is 17.4 Å². The van der Waals surface area contributed by atoms with Crippen LogP contribution in [0.25, 0.3) is 10.9 Å². The molecule has 1 unspecified atom stereocenters. The van der Waals surface area contributed by atoms with Crippen LogP contribution in [0.15, 0.2) is 53.3 Å². The molecule has 29 heavy (non-hydrogen) atoms. The summed E-state index contributed by atoms with van der Waals surface area (Å²) in [6.07, 6.45) is 2.68. The number of carbonyl (C=O) groups is 1. The minimum atomic E-state index is -0.141. The Labute approximate surface area is 170 Å². The Balaban J connectivity index is 1.48. The number of aryl methyl sites for hydroxylation is 1. The van der Waals surface area contributed by atoms with Crippen LogP contribution in [0.3, 0.4) is 0 Å². The predicted molar refractivity (Wildman–Crippen MR) is 114 cm³/mol. The van der Waals surface area contributed by atoms with Crippen LogP contribution in [-0.2, 0) is 11.2 Å². The van der Waals surface area contributed by atoms with E-state index in [1.54, 1.807) is 7.11 Å². The molecule has 5 heteroatoms. The third-order valence-corrected chi connectivity index (χ3v) is 5.72. The number of H-pyrrole nitrogens is 1. The highest BCUT2D eigenvalue weighted by Gasteiger charge is 2.36. The van der Waals surface area contributed by atoms with E-state index >= 15 is 0 Å². The van der Waals surface area contributed by atoms with E-state index in [4.69, 9.17) is 4.74 Å². The van der Waals surface area contributed by atoms with Gasteiger partial charge in [-0.15, -0.1) is 0 Å². The van der Waals surface area contributed by atoms with Crippen LogP contribution in [0.1, 0.15) is 35.4 Å². The molecule has 1 atom stereocenters. The predicted octanol–water partition coefficient (Wildman–Crippen LogP) is 3.70. The molecule has 3 aromatic rings. The Morgan fingerprint density at radius 2 is 1.97 bits per heavy atom. The first kappa shape index (κ1) is 19.2. The van der Waals surface area contributed by atoms with Gasteiger partial charge in [-0.05, 0) is 55.4 Å². The molecule has 0 radical (unpaired) electrons. The van der Waals surface area contributed by atoms with Crippen LogP contribution in [-0.4, -0.2) is 24.5 Å². The lowest BCUT2D eigenvalue weighted by Crippen LogP contribution is -2.32. The van der Waals surface area contributed by atoms with E-state index < -0.39 is 0 Å². The molecule has 2 aromatic carbocycles. The van der Waals surface area contributed by atoms with Crippen molar-refractivity contribution in [3.8, 4) is 5.75 Å². The SMILES string of the molecule is COc1ccc(C)c2cc(CCNC(=O)C(c3ccccc3)C3CC3)c(=O)[nH]c12. The molecule has 0 bridgehead atoms. The van der Waals surface area contributed by atoms with Crippen molar-refractivity contribution in [2.45, 2.75) is 32.1 Å². The van der Waals surface area contributed by atoms with Gasteiger partial charge in [-0.2, -0.15) is 0 Å². The van der Waals surface area contributed by atoms with Crippen LogP contribution in [0, 0.1) is 12.8 Å². The maximum Gasteiger partial charge on any atom is 0.251 e. The zero-order valence-electron chi connectivity index (χ0n) is 16.8. The number of aromatic nitrogens is 1. The average Bonchev–Trinajstić information content (AvgIpc) is 3.55. The Kier molecular flexibility index (Phi) is 5.38. The Morgan fingerprint density at radius 1 is 1.21 bits per heavy atom. The van der Waals surface area contributed by atoms with Crippen molar-refractivity contribution in [2.75, 3.05) is 13.7 Å². The van der Waals surface area contributed by atoms with Gasteiger partial charge in [0.1, 0.15) is 5.75 Å². The maximum absolute atomic E-state index is 12.8. The smallest absolute Gasteiger partial charge is 0.251 e. The molecule has 1 amide bonds. The Hall–Kier alpha value is -3.08. The molecule has 0 saturated heterocycles. The van der Waals surface area contributed by atoms with E-state index in [1.807, 2.05) is 55.5 Å². The molecule has 1 saturated carbocycles. The monoisotopic (exact) mass is 390 g/mol. The van der Waals surface area contributed by atoms with E-state index in [0.29, 0.717) is 35.7 Å². The lowest BCUT2D eigenvalue weighted by molar-refractivity contribution is -0.123. The summed E-state index contributed by atoms with van der Waals surface area (Å²) in [6, 6.07) is 15.7. The van der Waals surface area contributed by atoms with Crippen LogP contribution < -0.4 is 15.6 Å². The number of benzene rings is 2. The second kappa shape index (κ2) is 8.11. The fourth-order valence-electron chi connectivity index (χ4n) is 3.97. The van der Waals surface area contributed by atoms with Gasteiger partial charge in [-0.25, -0.2) is 0 Å². The molecule has 1 heterocycles. The Morgan fingerprint density at radius 3 is 2.66 bits per heavy atom. The number of rotatable bonds is 7. The molecule has 5 nitrogen and oxygen atoms in total. The summed E-state index contributed by atoms with van der Waals surface area (Å²) in [7, 11) is 1.59. The first-order valence-corrected chi connectivity index (χ1v) is 10.1. The highest BCUT2D eigenvalue weighted by molar-refractivity contribution is 5.88. The minimum absolute atomic E-state index is 0.0498. The number of amides is 1. The summed E-state index contributed by atoms with van der Waals surface area (Å²) in [5, 5.41) is 4.01. The van der Waals surface area contributed by atoms with Crippen molar-refractivity contribution in [2.24, 2.45) is 5.92 Å². The first-order valence-electron chi connectivity index (χ1n) is 10.1. The van der Waals surface area contributed by atoms with Gasteiger partial charge in [-0.1, -0.05) is 36.4 Å². The molecule has 1 fully saturated rings. The highest BCUT2D eigenvalue weighted by Crippen LogP contribution is 2.42. The second-order valence-corrected chi connectivity index (χ2v) is 7.76. The number of hydrogen-bond acceptors (Lipinski definition) is 3. The molecule has 2 N–H and O–H groups in total. The van der Waals surface area contributed by atoms with E-state index in [0.717, 1.165) is 29.4 Å². The van der Waals surface area contributed by atoms with Crippen molar-refractivity contribution in [1.29, 1.82) is 0 Å². The average molecular weight is 390 g/mol. The van der Waals surface area contributed by atoms with Gasteiger partial charge in [0.2, 0.25) is 5.91 Å². The standard InChI is InChI=1S/C24H26N2O3/c1-15-8-11-20(29-2)22-19(15)14-18(23(27)26-22)12-13-25-24(28)21(17-9-10-17)16-6-4-3-5-7-16/h3-8,11,14,17,21H,9-10,12-13H2,1-2H3,(H,25,28)(H,26,27). The second-order valence-electron chi connectivity index (χ2n) is 7.76. The largest absolute Gasteiger partial charge is 0.495 e. The van der Waals surface area contributed by atoms with Gasteiger partial charge in [0.15, 0.2) is 0 Å². The van der Waals surface area contributed by atoms with Crippen LogP contribution in [0.4, 0.5) is 0 Å². The molecule has 1 aliphatic rings. The van der Waals surface area contributed by atoms with Gasteiger partial charge in [0, 0.05) is 17.5 Å². The normalized spacial score (nSPS) is 14.6. The van der Waals surface area contributed by atoms with Gasteiger partial charge < -0.3 is 15.0 Å². The first-order chi connectivity index (χ1) is 14.1. The maximum atomic E-state index is 12.8. The highest BCUT2D eigenvalue weighted by atomic mass is 16.5. The molecule has 4 rings (SSSR count). The number of carbonyl (C=O) groups excluding carboxylic acids is 1. The van der Waals surface area contributed by atoms with Crippen molar-refractivity contribution >= 4 is 16.8 Å². The zero-order chi connectivity index (χ0) is 20.4. The quantitative estimate of drug-likeness (QED) is 0.646. The lowest BCUT2D eigenvalue weighted by atomic mass is 9.93. The Bertz CT molecular complexity index is 1080. The van der Waals surface area contributed by atoms with E-state index in [9.17, 15) is 9.59 Å². The van der Waals surface area contributed by atoms with Gasteiger partial charge in [-0.3, -0.25) is 9.59 Å². The fraction of sp³-hybridized carbons (Fsp3) is 0.333. The number of aromatic amines is 1. The molecular weight excluding hydrogens is 364 g/mol. The van der Waals surface area contributed by atoms with Crippen molar-refractivity contribution < 1.29 is 9.53 Å². The van der Waals surface area contributed by atoms with Gasteiger partial charge in [0.05, 0.1) is 18.5 Å². The molecule has 1 aliphatic carbocycles. The summed E-state index contributed by atoms with van der Waals surface area (Å²) >= 11 is 0. The number of ether oxygens (including phenoxy) is 1. The third-order valence-electron chi connectivity index (χ3n) is 5.72. The lowest BCUT2D eigenvalue weighted by Gasteiger charge is -2.17. The minimum Gasteiger partial charge on any atom is -0.495 e. The summed E-state index contributed by atoms with van der Waals surface area (Å²) in [6.45, 7) is 2.44. The molecule has 0 spiro atoms. The van der Waals surface area contributed by atoms with Crippen molar-refractivity contribution in [3.05, 3.63) is 75.6 Å². The molecular formula is C24H26N2O3. The summed E-state index contributed by atoms with van der Waals surface area (Å²) in [4.78, 5) is 28.3. The van der Waals surface area contributed by atoms with Crippen LogP contribution in [0.5, 0.6) is 5.75 Å². The number of pyridine rings is 1. The summed E-state index contributed by atoms with van der Waals surface area (Å²) in [5.74, 6) is 1.03. The summed E-state index contributed by atoms with van der Waals surface area (Å²) < 4.78 is 5.36. The number of nitrogens with one attached hydrogen (secondary N) is 2. The topological polar surface area (TPSA) is 71.2 Å². The van der Waals surface area contributed by atoms with E-state index in [1.165, 1.54) is 0 Å². The number of fused-ring (bicyclic) bond motifs is 1. The van der Waals surface area contributed by atoms with Crippen molar-refractivity contribution in [1.82, 2.24) is 10.3 Å². The zero-order valence-corrected chi connectivity index (χ0v) is 16.8. The fourth-order valence-corrected chi connectivity index (χ4v) is 3.97. The third kappa shape index (κ3) is 4.04. The van der Waals surface area contributed by atoms with Gasteiger partial charge >= 0.3 is 0 Å². The van der Waals surface area contributed by atoms with Crippen LogP contribution >= 0.6 is 0 Å². The number of methoxy groups -OCH3 is 1. The molecule has 0 aliphatic heterocycles. The molecule has 1 aromatic heterocycles. The van der Waals surface area contributed by atoms with E-state index in [2.05, 4.69) is 10.3 Å². The summed E-state index contributed by atoms with van der Waals surface area (Å²) in [5.41, 5.74) is 3.37. The van der Waals surface area contributed by atoms with Crippen LogP contribution in [0.2, 0.25) is 0 Å². The van der Waals surface area contributed by atoms with Crippen molar-refractivity contribution in [3.63, 3.8) is 0 Å². The van der Waals surface area contributed by atoms with Gasteiger partial charge in [0.25, 0.3) is 5.56 Å². The molecule has 150 valence electrons.